The summed E-state index contributed by atoms with van der Waals surface area (Å²) in [6, 6.07) is 1.74. The third kappa shape index (κ3) is 5.34. The molecule has 18 heavy (non-hydrogen) atoms. The number of amides is 1. The first-order valence-electron chi connectivity index (χ1n) is 6.45. The van der Waals surface area contributed by atoms with E-state index in [4.69, 9.17) is 4.52 Å². The van der Waals surface area contributed by atoms with Crippen LogP contribution in [0.3, 0.4) is 0 Å². The zero-order valence-electron chi connectivity index (χ0n) is 12.1. The summed E-state index contributed by atoms with van der Waals surface area (Å²) >= 11 is 0. The van der Waals surface area contributed by atoms with Gasteiger partial charge in [0.15, 0.2) is 0 Å². The molecule has 0 bridgehead atoms. The number of rotatable bonds is 5. The summed E-state index contributed by atoms with van der Waals surface area (Å²) in [4.78, 5) is 14.2. The molecule has 0 atom stereocenters. The third-order valence-electron chi connectivity index (χ3n) is 2.43. The Labute approximate surface area is 109 Å². The molecular formula is C14H24N2O2. The van der Waals surface area contributed by atoms with Crippen LogP contribution < -0.4 is 0 Å². The Kier molecular flexibility index (Phi) is 4.93. The van der Waals surface area contributed by atoms with Crippen molar-refractivity contribution in [1.82, 2.24) is 10.1 Å². The highest BCUT2D eigenvalue weighted by Gasteiger charge is 2.22. The van der Waals surface area contributed by atoms with Crippen LogP contribution in [0.25, 0.3) is 0 Å². The molecular weight excluding hydrogens is 228 g/mol. The lowest BCUT2D eigenvalue weighted by Crippen LogP contribution is -2.40. The summed E-state index contributed by atoms with van der Waals surface area (Å²) in [5.74, 6) is 0.584. The molecule has 4 heteroatoms. The fourth-order valence-electron chi connectivity index (χ4n) is 1.86. The van der Waals surface area contributed by atoms with E-state index in [-0.39, 0.29) is 11.3 Å². The molecule has 0 fully saturated rings. The second-order valence-electron chi connectivity index (χ2n) is 6.40. The van der Waals surface area contributed by atoms with Crippen molar-refractivity contribution in [1.29, 1.82) is 0 Å². The van der Waals surface area contributed by atoms with Crippen molar-refractivity contribution < 1.29 is 9.32 Å². The summed E-state index contributed by atoms with van der Waals surface area (Å²) < 4.78 is 4.76. The minimum Gasteiger partial charge on any atom is -0.364 e. The molecule has 0 aliphatic carbocycles. The van der Waals surface area contributed by atoms with Crippen molar-refractivity contribution in [3.63, 3.8) is 0 Å². The highest BCUT2D eigenvalue weighted by Crippen LogP contribution is 2.17. The van der Waals surface area contributed by atoms with Gasteiger partial charge in [0, 0.05) is 19.2 Å². The maximum Gasteiger partial charge on any atom is 0.228 e. The smallest absolute Gasteiger partial charge is 0.228 e. The van der Waals surface area contributed by atoms with Crippen molar-refractivity contribution in [2.45, 2.75) is 41.0 Å². The summed E-state index contributed by atoms with van der Waals surface area (Å²) in [6.45, 7) is 12.2. The van der Waals surface area contributed by atoms with Gasteiger partial charge in [0.1, 0.15) is 6.26 Å². The van der Waals surface area contributed by atoms with Gasteiger partial charge in [-0.2, -0.15) is 0 Å². The Morgan fingerprint density at radius 1 is 1.44 bits per heavy atom. The summed E-state index contributed by atoms with van der Waals surface area (Å²) in [5, 5.41) is 3.79. The fourth-order valence-corrected chi connectivity index (χ4v) is 1.86. The maximum absolute atomic E-state index is 12.3. The van der Waals surface area contributed by atoms with Crippen LogP contribution >= 0.6 is 0 Å². The molecule has 102 valence electrons. The van der Waals surface area contributed by atoms with E-state index in [0.717, 1.165) is 13.1 Å². The second-order valence-corrected chi connectivity index (χ2v) is 6.40. The van der Waals surface area contributed by atoms with Gasteiger partial charge in [-0.05, 0) is 11.3 Å². The SMILES string of the molecule is CC(C)CN(CC(C)(C)C)C(=O)Cc1ccon1. The normalized spacial score (nSPS) is 11.9. The van der Waals surface area contributed by atoms with Crippen LogP contribution in [0.1, 0.15) is 40.3 Å². The lowest BCUT2D eigenvalue weighted by molar-refractivity contribution is -0.132. The molecule has 0 unspecified atom stereocenters. The predicted molar refractivity (Wildman–Crippen MR) is 71.1 cm³/mol. The van der Waals surface area contributed by atoms with Gasteiger partial charge in [0.2, 0.25) is 5.91 Å². The largest absolute Gasteiger partial charge is 0.364 e. The van der Waals surface area contributed by atoms with E-state index in [2.05, 4.69) is 39.8 Å². The molecule has 1 aromatic rings. The van der Waals surface area contributed by atoms with Crippen LogP contribution in [-0.2, 0) is 11.2 Å². The highest BCUT2D eigenvalue weighted by atomic mass is 16.5. The monoisotopic (exact) mass is 252 g/mol. The van der Waals surface area contributed by atoms with Gasteiger partial charge in [-0.25, -0.2) is 0 Å². The summed E-state index contributed by atoms with van der Waals surface area (Å²) in [7, 11) is 0. The van der Waals surface area contributed by atoms with Crippen LogP contribution in [0.2, 0.25) is 0 Å². The number of aromatic nitrogens is 1. The Balaban J connectivity index is 2.66. The Bertz CT molecular complexity index is 364. The van der Waals surface area contributed by atoms with Gasteiger partial charge in [-0.15, -0.1) is 0 Å². The average molecular weight is 252 g/mol. The van der Waals surface area contributed by atoms with Gasteiger partial charge < -0.3 is 9.42 Å². The van der Waals surface area contributed by atoms with E-state index < -0.39 is 0 Å². The molecule has 0 spiro atoms. The third-order valence-corrected chi connectivity index (χ3v) is 2.43. The maximum atomic E-state index is 12.3. The zero-order chi connectivity index (χ0) is 13.8. The standard InChI is InChI=1S/C14H24N2O2/c1-11(2)9-16(10-14(3,4)5)13(17)8-12-6-7-18-15-12/h6-7,11H,8-10H2,1-5H3. The molecule has 0 N–H and O–H groups in total. The first-order chi connectivity index (χ1) is 8.28. The number of nitrogens with zero attached hydrogens (tertiary/aromatic N) is 2. The van der Waals surface area contributed by atoms with Crippen LogP contribution in [0, 0.1) is 11.3 Å². The zero-order valence-corrected chi connectivity index (χ0v) is 12.1. The van der Waals surface area contributed by atoms with E-state index in [1.807, 2.05) is 4.90 Å². The second kappa shape index (κ2) is 6.03. The molecule has 1 rings (SSSR count). The lowest BCUT2D eigenvalue weighted by atomic mass is 9.95. The molecule has 1 amide bonds. The minimum atomic E-state index is 0.106. The van der Waals surface area contributed by atoms with Gasteiger partial charge >= 0.3 is 0 Å². The van der Waals surface area contributed by atoms with E-state index in [1.54, 1.807) is 6.07 Å². The van der Waals surface area contributed by atoms with Gasteiger partial charge in [-0.3, -0.25) is 4.79 Å². The van der Waals surface area contributed by atoms with E-state index in [1.165, 1.54) is 6.26 Å². The van der Waals surface area contributed by atoms with Gasteiger partial charge in [-0.1, -0.05) is 39.8 Å². The average Bonchev–Trinajstić information content (AvgIpc) is 2.66. The highest BCUT2D eigenvalue weighted by molar-refractivity contribution is 5.78. The number of carbonyl (C=O) groups is 1. The lowest BCUT2D eigenvalue weighted by Gasteiger charge is -2.31. The Hall–Kier alpha value is -1.32. The first kappa shape index (κ1) is 14.7. The molecule has 0 saturated carbocycles. The van der Waals surface area contributed by atoms with Crippen molar-refractivity contribution in [3.8, 4) is 0 Å². The molecule has 1 heterocycles. The Morgan fingerprint density at radius 3 is 2.56 bits per heavy atom. The van der Waals surface area contributed by atoms with Crippen molar-refractivity contribution in [2.24, 2.45) is 11.3 Å². The Morgan fingerprint density at radius 2 is 2.11 bits per heavy atom. The predicted octanol–water partition coefficient (Wildman–Crippen LogP) is 2.75. The summed E-state index contributed by atoms with van der Waals surface area (Å²) in [6.07, 6.45) is 1.82. The van der Waals surface area contributed by atoms with Gasteiger partial charge in [0.05, 0.1) is 12.1 Å². The van der Waals surface area contributed by atoms with Crippen molar-refractivity contribution in [3.05, 3.63) is 18.0 Å². The molecule has 1 aromatic heterocycles. The van der Waals surface area contributed by atoms with E-state index in [9.17, 15) is 4.79 Å². The first-order valence-corrected chi connectivity index (χ1v) is 6.45. The van der Waals surface area contributed by atoms with Crippen molar-refractivity contribution >= 4 is 5.91 Å². The molecule has 0 radical (unpaired) electrons. The minimum absolute atomic E-state index is 0.106. The molecule has 0 aliphatic heterocycles. The molecule has 0 aliphatic rings. The quantitative estimate of drug-likeness (QED) is 0.809. The summed E-state index contributed by atoms with van der Waals surface area (Å²) in [5.41, 5.74) is 0.802. The number of hydrogen-bond donors (Lipinski definition) is 0. The number of carbonyl (C=O) groups excluding carboxylic acids is 1. The molecule has 0 saturated heterocycles. The van der Waals surface area contributed by atoms with Crippen LogP contribution in [0.4, 0.5) is 0 Å². The van der Waals surface area contributed by atoms with Crippen LogP contribution in [0.5, 0.6) is 0 Å². The number of hydrogen-bond acceptors (Lipinski definition) is 3. The van der Waals surface area contributed by atoms with Crippen molar-refractivity contribution in [2.75, 3.05) is 13.1 Å². The van der Waals surface area contributed by atoms with E-state index >= 15 is 0 Å². The molecule has 0 aromatic carbocycles. The molecule has 4 nitrogen and oxygen atoms in total. The van der Waals surface area contributed by atoms with Crippen LogP contribution in [0.15, 0.2) is 16.9 Å². The van der Waals surface area contributed by atoms with Gasteiger partial charge in [0.25, 0.3) is 0 Å². The van der Waals surface area contributed by atoms with Crippen LogP contribution in [-0.4, -0.2) is 29.1 Å². The van der Waals surface area contributed by atoms with E-state index in [0.29, 0.717) is 18.0 Å². The fraction of sp³-hybridized carbons (Fsp3) is 0.714. The topological polar surface area (TPSA) is 46.3 Å².